The van der Waals surface area contributed by atoms with E-state index >= 15 is 0 Å². The summed E-state index contributed by atoms with van der Waals surface area (Å²) >= 11 is 8.63. The molecule has 1 saturated heterocycles. The quantitative estimate of drug-likeness (QED) is 0.405. The first kappa shape index (κ1) is 20.8. The Labute approximate surface area is 181 Å². The minimum atomic E-state index is -0.604. The first-order valence-corrected chi connectivity index (χ1v) is 9.57. The molecule has 0 aliphatic carbocycles. The lowest BCUT2D eigenvalue weighted by Crippen LogP contribution is -2.54. The van der Waals surface area contributed by atoms with Gasteiger partial charge < -0.3 is 14.2 Å². The van der Waals surface area contributed by atoms with Crippen LogP contribution in [0.2, 0.25) is 0 Å². The standard InChI is InChI=1S/C20H17BrN2O5S/c1-26-15-7-5-4-6-14(15)23-19(25)13(18(24)22-20(23)29)9-11-8-12(21)10-16(27-2)17(11)28-3/h4-10H,1-3H3,(H,22,24,29)/b13-9+. The van der Waals surface area contributed by atoms with Gasteiger partial charge in [0.2, 0.25) is 0 Å². The van der Waals surface area contributed by atoms with Crippen molar-refractivity contribution in [2.24, 2.45) is 0 Å². The maximum Gasteiger partial charge on any atom is 0.270 e. The first-order chi connectivity index (χ1) is 13.9. The molecule has 1 aliphatic rings. The number of nitrogens with zero attached hydrogens (tertiary/aromatic N) is 1. The Morgan fingerprint density at radius 1 is 1.03 bits per heavy atom. The Bertz CT molecular complexity index is 1040. The zero-order valence-corrected chi connectivity index (χ0v) is 18.2. The number of halogens is 1. The summed E-state index contributed by atoms with van der Waals surface area (Å²) < 4.78 is 16.8. The number of nitrogens with one attached hydrogen (secondary N) is 1. The molecule has 1 heterocycles. The highest BCUT2D eigenvalue weighted by Gasteiger charge is 2.36. The molecule has 2 aromatic rings. The van der Waals surface area contributed by atoms with Gasteiger partial charge in [0, 0.05) is 10.0 Å². The minimum absolute atomic E-state index is 0.0274. The van der Waals surface area contributed by atoms with Crippen LogP contribution in [0.25, 0.3) is 6.08 Å². The Morgan fingerprint density at radius 2 is 1.72 bits per heavy atom. The van der Waals surface area contributed by atoms with Gasteiger partial charge in [0.15, 0.2) is 16.6 Å². The fourth-order valence-electron chi connectivity index (χ4n) is 2.91. The summed E-state index contributed by atoms with van der Waals surface area (Å²) in [4.78, 5) is 27.0. The van der Waals surface area contributed by atoms with E-state index in [2.05, 4.69) is 21.2 Å². The number of amides is 2. The van der Waals surface area contributed by atoms with Crippen LogP contribution in [0.4, 0.5) is 5.69 Å². The van der Waals surface area contributed by atoms with Gasteiger partial charge in [0.05, 0.1) is 27.0 Å². The molecule has 2 aromatic carbocycles. The van der Waals surface area contributed by atoms with Crippen LogP contribution in [-0.4, -0.2) is 38.3 Å². The van der Waals surface area contributed by atoms with Gasteiger partial charge in [-0.1, -0.05) is 28.1 Å². The van der Waals surface area contributed by atoms with Crippen LogP contribution in [-0.2, 0) is 9.59 Å². The molecular formula is C20H17BrN2O5S. The van der Waals surface area contributed by atoms with Crippen LogP contribution < -0.4 is 24.4 Å². The fourth-order valence-corrected chi connectivity index (χ4v) is 3.64. The molecule has 0 spiro atoms. The maximum atomic E-state index is 13.2. The topological polar surface area (TPSA) is 77.1 Å². The lowest BCUT2D eigenvalue weighted by molar-refractivity contribution is -0.122. The largest absolute Gasteiger partial charge is 0.495 e. The molecule has 0 unspecified atom stereocenters. The molecule has 0 aromatic heterocycles. The number of ether oxygens (including phenoxy) is 3. The lowest BCUT2D eigenvalue weighted by atomic mass is 10.1. The van der Waals surface area contributed by atoms with E-state index in [0.29, 0.717) is 33.0 Å². The zero-order valence-electron chi connectivity index (χ0n) is 15.8. The summed E-state index contributed by atoms with van der Waals surface area (Å²) in [6, 6.07) is 10.3. The van der Waals surface area contributed by atoms with E-state index in [1.807, 2.05) is 0 Å². The van der Waals surface area contributed by atoms with Gasteiger partial charge in [0.25, 0.3) is 11.8 Å². The number of methoxy groups -OCH3 is 3. The van der Waals surface area contributed by atoms with Crippen LogP contribution in [0, 0.1) is 0 Å². The Kier molecular flexibility index (Phi) is 6.19. The third kappa shape index (κ3) is 3.96. The average molecular weight is 477 g/mol. The van der Waals surface area contributed by atoms with Crippen LogP contribution in [0.1, 0.15) is 5.56 Å². The van der Waals surface area contributed by atoms with Gasteiger partial charge >= 0.3 is 0 Å². The molecule has 0 radical (unpaired) electrons. The summed E-state index contributed by atoms with van der Waals surface area (Å²) in [7, 11) is 4.47. The summed E-state index contributed by atoms with van der Waals surface area (Å²) in [6.07, 6.45) is 1.44. The van der Waals surface area contributed by atoms with E-state index in [9.17, 15) is 9.59 Å². The second-order valence-electron chi connectivity index (χ2n) is 5.86. The van der Waals surface area contributed by atoms with E-state index in [-0.39, 0.29) is 10.7 Å². The molecule has 29 heavy (non-hydrogen) atoms. The highest BCUT2D eigenvalue weighted by Crippen LogP contribution is 2.37. The number of rotatable bonds is 5. The summed E-state index contributed by atoms with van der Waals surface area (Å²) in [5.74, 6) is 0.104. The predicted molar refractivity (Wildman–Crippen MR) is 116 cm³/mol. The van der Waals surface area contributed by atoms with Gasteiger partial charge in [-0.25, -0.2) is 4.90 Å². The van der Waals surface area contributed by atoms with Gasteiger partial charge in [-0.05, 0) is 42.6 Å². The van der Waals surface area contributed by atoms with Crippen molar-refractivity contribution in [3.63, 3.8) is 0 Å². The summed E-state index contributed by atoms with van der Waals surface area (Å²) in [5, 5.41) is 2.52. The highest BCUT2D eigenvalue weighted by molar-refractivity contribution is 9.10. The van der Waals surface area contributed by atoms with Crippen molar-refractivity contribution in [3.8, 4) is 17.2 Å². The van der Waals surface area contributed by atoms with Crippen molar-refractivity contribution in [1.29, 1.82) is 0 Å². The van der Waals surface area contributed by atoms with Crippen molar-refractivity contribution in [2.75, 3.05) is 26.2 Å². The third-order valence-electron chi connectivity index (χ3n) is 4.20. The number of thiocarbonyl (C=S) groups is 1. The molecule has 0 bridgehead atoms. The number of anilines is 1. The normalized spacial score (nSPS) is 15.4. The van der Waals surface area contributed by atoms with E-state index in [0.717, 1.165) is 0 Å². The Morgan fingerprint density at radius 3 is 2.38 bits per heavy atom. The molecule has 7 nitrogen and oxygen atoms in total. The van der Waals surface area contributed by atoms with Gasteiger partial charge in [0.1, 0.15) is 11.3 Å². The molecule has 1 fully saturated rings. The molecule has 3 rings (SSSR count). The molecule has 1 aliphatic heterocycles. The Hall–Kier alpha value is -2.91. The molecule has 0 saturated carbocycles. The van der Waals surface area contributed by atoms with Gasteiger partial charge in [-0.3, -0.25) is 14.9 Å². The minimum Gasteiger partial charge on any atom is -0.495 e. The SMILES string of the molecule is COc1ccccc1N1C(=O)/C(=C/c2cc(Br)cc(OC)c2OC)C(=O)NC1=S. The maximum absolute atomic E-state index is 13.2. The number of carbonyl (C=O) groups excluding carboxylic acids is 2. The van der Waals surface area contributed by atoms with E-state index < -0.39 is 11.8 Å². The van der Waals surface area contributed by atoms with Gasteiger partial charge in [-0.15, -0.1) is 0 Å². The van der Waals surface area contributed by atoms with Crippen LogP contribution in [0.5, 0.6) is 17.2 Å². The van der Waals surface area contributed by atoms with E-state index in [1.165, 1.54) is 32.3 Å². The first-order valence-electron chi connectivity index (χ1n) is 8.37. The highest BCUT2D eigenvalue weighted by atomic mass is 79.9. The van der Waals surface area contributed by atoms with Crippen molar-refractivity contribution < 1.29 is 23.8 Å². The van der Waals surface area contributed by atoms with Crippen LogP contribution in [0.3, 0.4) is 0 Å². The van der Waals surface area contributed by atoms with Gasteiger partial charge in [-0.2, -0.15) is 0 Å². The van der Waals surface area contributed by atoms with E-state index in [4.69, 9.17) is 26.4 Å². The fraction of sp³-hybridized carbons (Fsp3) is 0.150. The smallest absolute Gasteiger partial charge is 0.270 e. The molecule has 0 atom stereocenters. The monoisotopic (exact) mass is 476 g/mol. The number of benzene rings is 2. The second kappa shape index (κ2) is 8.62. The van der Waals surface area contributed by atoms with Crippen molar-refractivity contribution in [3.05, 3.63) is 52.0 Å². The molecule has 9 heteroatoms. The third-order valence-corrected chi connectivity index (χ3v) is 4.94. The van der Waals surface area contributed by atoms with Crippen molar-refractivity contribution in [2.45, 2.75) is 0 Å². The summed E-state index contributed by atoms with van der Waals surface area (Å²) in [5.41, 5.74) is 0.808. The number of para-hydroxylation sites is 2. The lowest BCUT2D eigenvalue weighted by Gasteiger charge is -2.29. The summed E-state index contributed by atoms with van der Waals surface area (Å²) in [6.45, 7) is 0. The predicted octanol–water partition coefficient (Wildman–Crippen LogP) is 3.31. The van der Waals surface area contributed by atoms with Crippen LogP contribution in [0.15, 0.2) is 46.4 Å². The average Bonchev–Trinajstić information content (AvgIpc) is 2.70. The second-order valence-corrected chi connectivity index (χ2v) is 7.16. The van der Waals surface area contributed by atoms with E-state index in [1.54, 1.807) is 36.4 Å². The van der Waals surface area contributed by atoms with Crippen LogP contribution >= 0.6 is 28.1 Å². The van der Waals surface area contributed by atoms with Crippen molar-refractivity contribution >= 4 is 56.8 Å². The number of carbonyl (C=O) groups is 2. The zero-order chi connectivity index (χ0) is 21.1. The molecule has 2 amide bonds. The molecule has 1 N–H and O–H groups in total. The van der Waals surface area contributed by atoms with Crippen molar-refractivity contribution in [1.82, 2.24) is 5.32 Å². The Balaban J connectivity index is 2.13. The number of hydrogen-bond donors (Lipinski definition) is 1. The molecular weight excluding hydrogens is 460 g/mol. The molecule has 150 valence electrons. The number of hydrogen-bond acceptors (Lipinski definition) is 6.